The number of phenolic OH excluding ortho intramolecular Hbond substituents is 1. The molecule has 2 aromatic carbocycles. The standard InChI is InChI=1S/C16H10BrClN2O2S/c17-10-5-6-12(21)9(7-10)8-19-20-16(22)15-14(18)11-3-1-2-4-13(11)23-15/h1-8,21H,(H,20,22)/b19-8-. The predicted molar refractivity (Wildman–Crippen MR) is 97.7 cm³/mol. The quantitative estimate of drug-likeness (QED) is 0.483. The van der Waals surface area contributed by atoms with Gasteiger partial charge in [0.05, 0.1) is 11.2 Å². The lowest BCUT2D eigenvalue weighted by Gasteiger charge is -2.00. The Morgan fingerprint density at radius 2 is 2.09 bits per heavy atom. The normalized spacial score (nSPS) is 11.2. The molecule has 2 N–H and O–H groups in total. The molecule has 0 unspecified atom stereocenters. The Morgan fingerprint density at radius 3 is 2.87 bits per heavy atom. The molecule has 1 heterocycles. The number of hydrogen-bond acceptors (Lipinski definition) is 4. The number of carbonyl (C=O) groups excluding carboxylic acids is 1. The van der Waals surface area contributed by atoms with Crippen LogP contribution in [0.5, 0.6) is 5.75 Å². The van der Waals surface area contributed by atoms with E-state index < -0.39 is 0 Å². The molecule has 23 heavy (non-hydrogen) atoms. The van der Waals surface area contributed by atoms with Crippen molar-refractivity contribution in [1.82, 2.24) is 5.43 Å². The summed E-state index contributed by atoms with van der Waals surface area (Å²) in [6, 6.07) is 12.5. The van der Waals surface area contributed by atoms with Gasteiger partial charge in [-0.05, 0) is 24.3 Å². The average molecular weight is 410 g/mol. The lowest BCUT2D eigenvalue weighted by atomic mass is 10.2. The first kappa shape index (κ1) is 16.0. The highest BCUT2D eigenvalue weighted by Gasteiger charge is 2.16. The second kappa shape index (κ2) is 6.70. The molecular formula is C16H10BrClN2O2S. The Bertz CT molecular complexity index is 924. The van der Waals surface area contributed by atoms with Crippen LogP contribution < -0.4 is 5.43 Å². The molecule has 0 atom stereocenters. The summed E-state index contributed by atoms with van der Waals surface area (Å²) < 4.78 is 1.74. The first-order valence-electron chi connectivity index (χ1n) is 6.55. The number of fused-ring (bicyclic) bond motifs is 1. The highest BCUT2D eigenvalue weighted by Crippen LogP contribution is 2.34. The minimum absolute atomic E-state index is 0.0751. The number of aromatic hydroxyl groups is 1. The van der Waals surface area contributed by atoms with Crippen molar-refractivity contribution in [2.75, 3.05) is 0 Å². The highest BCUT2D eigenvalue weighted by molar-refractivity contribution is 9.10. The second-order valence-corrected chi connectivity index (χ2v) is 6.99. The number of hydrogen-bond donors (Lipinski definition) is 2. The molecule has 3 aromatic rings. The summed E-state index contributed by atoms with van der Waals surface area (Å²) in [5.41, 5.74) is 2.91. The van der Waals surface area contributed by atoms with Crippen LogP contribution in [0.15, 0.2) is 52.0 Å². The fraction of sp³-hybridized carbons (Fsp3) is 0. The summed E-state index contributed by atoms with van der Waals surface area (Å²) in [6.45, 7) is 0. The maximum Gasteiger partial charge on any atom is 0.283 e. The number of nitrogens with zero attached hydrogens (tertiary/aromatic N) is 1. The fourth-order valence-corrected chi connectivity index (χ4v) is 3.79. The van der Waals surface area contributed by atoms with Crippen LogP contribution >= 0.6 is 38.9 Å². The predicted octanol–water partition coefficient (Wildman–Crippen LogP) is 4.79. The maximum absolute atomic E-state index is 12.2. The van der Waals surface area contributed by atoms with Crippen molar-refractivity contribution in [1.29, 1.82) is 0 Å². The second-order valence-electron chi connectivity index (χ2n) is 4.64. The number of phenols is 1. The average Bonchev–Trinajstić information content (AvgIpc) is 2.88. The number of rotatable bonds is 3. The van der Waals surface area contributed by atoms with Gasteiger partial charge in [-0.1, -0.05) is 45.7 Å². The zero-order chi connectivity index (χ0) is 16.4. The van der Waals surface area contributed by atoms with Gasteiger partial charge in [0.25, 0.3) is 5.91 Å². The number of thiophene rings is 1. The van der Waals surface area contributed by atoms with E-state index in [1.165, 1.54) is 23.6 Å². The summed E-state index contributed by atoms with van der Waals surface area (Å²) in [5.74, 6) is -0.312. The van der Waals surface area contributed by atoms with Crippen molar-refractivity contribution in [2.45, 2.75) is 0 Å². The van der Waals surface area contributed by atoms with Gasteiger partial charge in [0.1, 0.15) is 10.6 Å². The van der Waals surface area contributed by atoms with Gasteiger partial charge in [-0.15, -0.1) is 11.3 Å². The van der Waals surface area contributed by atoms with Crippen LogP contribution in [0.3, 0.4) is 0 Å². The molecule has 0 aliphatic heterocycles. The van der Waals surface area contributed by atoms with Gasteiger partial charge >= 0.3 is 0 Å². The summed E-state index contributed by atoms with van der Waals surface area (Å²) in [5, 5.41) is 14.9. The third-order valence-corrected chi connectivity index (χ3v) is 5.27. The molecule has 1 aromatic heterocycles. The van der Waals surface area contributed by atoms with E-state index >= 15 is 0 Å². The molecule has 0 saturated carbocycles. The Hall–Kier alpha value is -1.89. The minimum atomic E-state index is -0.387. The minimum Gasteiger partial charge on any atom is -0.507 e. The monoisotopic (exact) mass is 408 g/mol. The number of benzene rings is 2. The fourth-order valence-electron chi connectivity index (χ4n) is 2.00. The van der Waals surface area contributed by atoms with E-state index in [0.717, 1.165) is 14.6 Å². The molecule has 0 radical (unpaired) electrons. The molecule has 0 saturated heterocycles. The van der Waals surface area contributed by atoms with Crippen LogP contribution in [0.25, 0.3) is 10.1 Å². The Morgan fingerprint density at radius 1 is 1.30 bits per heavy atom. The highest BCUT2D eigenvalue weighted by atomic mass is 79.9. The molecule has 0 fully saturated rings. The smallest absolute Gasteiger partial charge is 0.283 e. The van der Waals surface area contributed by atoms with E-state index in [1.54, 1.807) is 12.1 Å². The van der Waals surface area contributed by atoms with Crippen molar-refractivity contribution >= 4 is 61.1 Å². The van der Waals surface area contributed by atoms with Crippen LogP contribution in [-0.4, -0.2) is 17.2 Å². The summed E-state index contributed by atoms with van der Waals surface area (Å²) in [7, 11) is 0. The molecule has 1 amide bonds. The molecule has 7 heteroatoms. The summed E-state index contributed by atoms with van der Waals surface area (Å²) in [4.78, 5) is 12.6. The summed E-state index contributed by atoms with van der Waals surface area (Å²) >= 11 is 10.9. The van der Waals surface area contributed by atoms with Crippen molar-refractivity contribution in [3.8, 4) is 5.75 Å². The van der Waals surface area contributed by atoms with Crippen LogP contribution in [0, 0.1) is 0 Å². The Labute approximate surface area is 149 Å². The SMILES string of the molecule is O=C(N/N=C\c1cc(Br)ccc1O)c1sc2ccccc2c1Cl. The molecule has 116 valence electrons. The summed E-state index contributed by atoms with van der Waals surface area (Å²) in [6.07, 6.45) is 1.37. The van der Waals surface area contributed by atoms with E-state index in [9.17, 15) is 9.90 Å². The number of hydrazone groups is 1. The van der Waals surface area contributed by atoms with Gasteiger partial charge in [0.15, 0.2) is 0 Å². The van der Waals surface area contributed by atoms with Gasteiger partial charge in [-0.2, -0.15) is 5.10 Å². The van der Waals surface area contributed by atoms with Crippen LogP contribution in [0.1, 0.15) is 15.2 Å². The third kappa shape index (κ3) is 3.39. The molecule has 4 nitrogen and oxygen atoms in total. The number of nitrogens with one attached hydrogen (secondary N) is 1. The lowest BCUT2D eigenvalue weighted by Crippen LogP contribution is -2.16. The topological polar surface area (TPSA) is 61.7 Å². The van der Waals surface area contributed by atoms with E-state index in [-0.39, 0.29) is 11.7 Å². The molecule has 0 aliphatic carbocycles. The largest absolute Gasteiger partial charge is 0.507 e. The van der Waals surface area contributed by atoms with E-state index in [4.69, 9.17) is 11.6 Å². The van der Waals surface area contributed by atoms with Crippen LogP contribution in [0.4, 0.5) is 0 Å². The van der Waals surface area contributed by atoms with E-state index in [0.29, 0.717) is 15.5 Å². The lowest BCUT2D eigenvalue weighted by molar-refractivity contribution is 0.0959. The molecule has 0 bridgehead atoms. The van der Waals surface area contributed by atoms with Gasteiger partial charge in [-0.3, -0.25) is 4.79 Å². The van der Waals surface area contributed by atoms with Gasteiger partial charge in [-0.25, -0.2) is 5.43 Å². The Balaban J connectivity index is 1.80. The molecular weight excluding hydrogens is 400 g/mol. The Kier molecular flexibility index (Phi) is 4.66. The zero-order valence-corrected chi connectivity index (χ0v) is 14.7. The first-order valence-corrected chi connectivity index (χ1v) is 8.54. The van der Waals surface area contributed by atoms with Gasteiger partial charge in [0.2, 0.25) is 0 Å². The van der Waals surface area contributed by atoms with Crippen molar-refractivity contribution in [3.05, 3.63) is 62.4 Å². The van der Waals surface area contributed by atoms with Crippen molar-refractivity contribution in [2.24, 2.45) is 5.10 Å². The molecule has 3 rings (SSSR count). The van der Waals surface area contributed by atoms with Crippen LogP contribution in [0.2, 0.25) is 5.02 Å². The van der Waals surface area contributed by atoms with E-state index in [1.807, 2.05) is 24.3 Å². The zero-order valence-electron chi connectivity index (χ0n) is 11.6. The van der Waals surface area contributed by atoms with E-state index in [2.05, 4.69) is 26.5 Å². The van der Waals surface area contributed by atoms with Crippen LogP contribution in [-0.2, 0) is 0 Å². The number of halogens is 2. The van der Waals surface area contributed by atoms with Gasteiger partial charge in [0, 0.05) is 20.1 Å². The van der Waals surface area contributed by atoms with Gasteiger partial charge < -0.3 is 5.11 Å². The molecule has 0 aliphatic rings. The number of amides is 1. The molecule has 0 spiro atoms. The van der Waals surface area contributed by atoms with Crippen molar-refractivity contribution < 1.29 is 9.90 Å². The maximum atomic E-state index is 12.2. The number of carbonyl (C=O) groups is 1. The van der Waals surface area contributed by atoms with Crippen molar-refractivity contribution in [3.63, 3.8) is 0 Å². The first-order chi connectivity index (χ1) is 11.1. The third-order valence-electron chi connectivity index (χ3n) is 3.10.